The number of carbonyl (C=O) groups excluding carboxylic acids is 1. The van der Waals surface area contributed by atoms with E-state index in [1.54, 1.807) is 0 Å². The molecule has 0 unspecified atom stereocenters. The molecule has 0 aromatic carbocycles. The maximum atomic E-state index is 12.0. The van der Waals surface area contributed by atoms with Crippen molar-refractivity contribution in [3.05, 3.63) is 17.6 Å². The molecule has 0 atom stereocenters. The van der Waals surface area contributed by atoms with Crippen molar-refractivity contribution in [2.24, 2.45) is 5.73 Å². The molecule has 1 aromatic rings. The van der Waals surface area contributed by atoms with Gasteiger partial charge in [-0.05, 0) is 46.1 Å². The minimum absolute atomic E-state index is 0. The SMILES string of the molecule is Cc1cc(N2CCC(NC(=O)CCCCCCN)CC2)nc(C)n1.Cl.Cl. The highest BCUT2D eigenvalue weighted by molar-refractivity contribution is 5.85. The lowest BCUT2D eigenvalue weighted by molar-refractivity contribution is -0.122. The van der Waals surface area contributed by atoms with Gasteiger partial charge in [-0.15, -0.1) is 24.8 Å². The lowest BCUT2D eigenvalue weighted by Crippen LogP contribution is -2.45. The van der Waals surface area contributed by atoms with Crippen molar-refractivity contribution >= 4 is 36.5 Å². The Hall–Kier alpha value is -1.11. The number of carbonyl (C=O) groups is 1. The van der Waals surface area contributed by atoms with Gasteiger partial charge in [0, 0.05) is 37.3 Å². The minimum atomic E-state index is 0. The Balaban J connectivity index is 0.00000312. The Labute approximate surface area is 169 Å². The molecule has 1 aromatic heterocycles. The molecule has 1 aliphatic heterocycles. The predicted molar refractivity (Wildman–Crippen MR) is 112 cm³/mol. The molecule has 1 saturated heterocycles. The molecule has 0 saturated carbocycles. The summed E-state index contributed by atoms with van der Waals surface area (Å²) in [5, 5.41) is 3.18. The van der Waals surface area contributed by atoms with Crippen molar-refractivity contribution in [2.75, 3.05) is 24.5 Å². The number of nitrogens with zero attached hydrogens (tertiary/aromatic N) is 3. The molecule has 2 heterocycles. The maximum Gasteiger partial charge on any atom is 0.220 e. The number of hydrogen-bond acceptors (Lipinski definition) is 5. The number of amides is 1. The van der Waals surface area contributed by atoms with E-state index in [4.69, 9.17) is 5.73 Å². The molecular formula is C18H33Cl2N5O. The molecule has 26 heavy (non-hydrogen) atoms. The Morgan fingerprint density at radius 3 is 2.42 bits per heavy atom. The van der Waals surface area contributed by atoms with E-state index in [1.165, 1.54) is 0 Å². The van der Waals surface area contributed by atoms with Crippen molar-refractivity contribution in [1.29, 1.82) is 0 Å². The zero-order chi connectivity index (χ0) is 17.4. The van der Waals surface area contributed by atoms with Gasteiger partial charge in [0.25, 0.3) is 0 Å². The third kappa shape index (κ3) is 8.52. The number of nitrogens with one attached hydrogen (secondary N) is 1. The average molecular weight is 406 g/mol. The summed E-state index contributed by atoms with van der Waals surface area (Å²) in [5.74, 6) is 2.01. The zero-order valence-electron chi connectivity index (χ0n) is 15.9. The van der Waals surface area contributed by atoms with Crippen molar-refractivity contribution in [3.63, 3.8) is 0 Å². The number of piperidine rings is 1. The molecule has 1 amide bonds. The van der Waals surface area contributed by atoms with Gasteiger partial charge in [-0.2, -0.15) is 0 Å². The van der Waals surface area contributed by atoms with E-state index in [2.05, 4.69) is 20.2 Å². The fourth-order valence-electron chi connectivity index (χ4n) is 3.20. The van der Waals surface area contributed by atoms with Gasteiger partial charge in [0.2, 0.25) is 5.91 Å². The standard InChI is InChI=1S/C18H31N5O.2ClH/c1-14-13-17(21-15(2)20-14)23-11-8-16(9-12-23)22-18(24)7-5-3-4-6-10-19;;/h13,16H,3-12,19H2,1-2H3,(H,22,24);2*1H. The number of rotatable bonds is 8. The van der Waals surface area contributed by atoms with Gasteiger partial charge in [-0.1, -0.05) is 12.8 Å². The van der Waals surface area contributed by atoms with Gasteiger partial charge in [0.15, 0.2) is 0 Å². The van der Waals surface area contributed by atoms with Gasteiger partial charge >= 0.3 is 0 Å². The second kappa shape index (κ2) is 13.1. The lowest BCUT2D eigenvalue weighted by Gasteiger charge is -2.33. The third-order valence-electron chi connectivity index (χ3n) is 4.49. The van der Waals surface area contributed by atoms with Gasteiger partial charge in [0.1, 0.15) is 11.6 Å². The highest BCUT2D eigenvalue weighted by atomic mass is 35.5. The van der Waals surface area contributed by atoms with Crippen LogP contribution in [0.1, 0.15) is 56.5 Å². The predicted octanol–water partition coefficient (Wildman–Crippen LogP) is 2.93. The van der Waals surface area contributed by atoms with Gasteiger partial charge < -0.3 is 16.0 Å². The molecule has 1 fully saturated rings. The van der Waals surface area contributed by atoms with Crippen LogP contribution in [0, 0.1) is 13.8 Å². The molecular weight excluding hydrogens is 373 g/mol. The number of unbranched alkanes of at least 4 members (excludes halogenated alkanes) is 3. The molecule has 150 valence electrons. The summed E-state index contributed by atoms with van der Waals surface area (Å²) < 4.78 is 0. The highest BCUT2D eigenvalue weighted by Crippen LogP contribution is 2.19. The Bertz CT molecular complexity index is 516. The number of anilines is 1. The molecule has 0 bridgehead atoms. The first-order chi connectivity index (χ1) is 11.6. The first-order valence-corrected chi connectivity index (χ1v) is 9.15. The van der Waals surface area contributed by atoms with Crippen molar-refractivity contribution in [3.8, 4) is 0 Å². The summed E-state index contributed by atoms with van der Waals surface area (Å²) in [6.07, 6.45) is 6.82. The minimum Gasteiger partial charge on any atom is -0.356 e. The van der Waals surface area contributed by atoms with E-state index < -0.39 is 0 Å². The van der Waals surface area contributed by atoms with Crippen molar-refractivity contribution in [2.45, 2.75) is 64.8 Å². The average Bonchev–Trinajstić information content (AvgIpc) is 2.54. The van der Waals surface area contributed by atoms with E-state index in [1.807, 2.05) is 19.9 Å². The highest BCUT2D eigenvalue weighted by Gasteiger charge is 2.21. The first-order valence-electron chi connectivity index (χ1n) is 9.15. The van der Waals surface area contributed by atoms with Crippen LogP contribution in [0.25, 0.3) is 0 Å². The lowest BCUT2D eigenvalue weighted by atomic mass is 10.0. The largest absolute Gasteiger partial charge is 0.356 e. The summed E-state index contributed by atoms with van der Waals surface area (Å²) in [5.41, 5.74) is 6.48. The number of hydrogen-bond donors (Lipinski definition) is 2. The Morgan fingerprint density at radius 1 is 1.15 bits per heavy atom. The van der Waals surface area contributed by atoms with Crippen LogP contribution < -0.4 is 16.0 Å². The van der Waals surface area contributed by atoms with E-state index in [0.717, 1.165) is 75.5 Å². The van der Waals surface area contributed by atoms with Crippen molar-refractivity contribution in [1.82, 2.24) is 15.3 Å². The Kier molecular flexibility index (Phi) is 12.6. The fourth-order valence-corrected chi connectivity index (χ4v) is 3.20. The van der Waals surface area contributed by atoms with E-state index in [-0.39, 0.29) is 30.7 Å². The topological polar surface area (TPSA) is 84.1 Å². The van der Waals surface area contributed by atoms with E-state index >= 15 is 0 Å². The molecule has 0 radical (unpaired) electrons. The first kappa shape index (κ1) is 24.9. The molecule has 0 aliphatic carbocycles. The van der Waals surface area contributed by atoms with Crippen LogP contribution in [-0.2, 0) is 4.79 Å². The number of aryl methyl sites for hydroxylation is 2. The van der Waals surface area contributed by atoms with Crippen LogP contribution >= 0.6 is 24.8 Å². The van der Waals surface area contributed by atoms with Gasteiger partial charge in [-0.3, -0.25) is 4.79 Å². The molecule has 6 nitrogen and oxygen atoms in total. The molecule has 0 spiro atoms. The summed E-state index contributed by atoms with van der Waals surface area (Å²) in [6, 6.07) is 2.33. The summed E-state index contributed by atoms with van der Waals surface area (Å²) in [6.45, 7) is 6.53. The number of aromatic nitrogens is 2. The summed E-state index contributed by atoms with van der Waals surface area (Å²) >= 11 is 0. The van der Waals surface area contributed by atoms with Crippen LogP contribution in [0.2, 0.25) is 0 Å². The molecule has 3 N–H and O–H groups in total. The van der Waals surface area contributed by atoms with Crippen molar-refractivity contribution < 1.29 is 4.79 Å². The second-order valence-electron chi connectivity index (χ2n) is 6.70. The molecule has 1 aliphatic rings. The summed E-state index contributed by atoms with van der Waals surface area (Å²) in [4.78, 5) is 23.2. The molecule has 2 rings (SSSR count). The monoisotopic (exact) mass is 405 g/mol. The summed E-state index contributed by atoms with van der Waals surface area (Å²) in [7, 11) is 0. The third-order valence-corrected chi connectivity index (χ3v) is 4.49. The number of halogens is 2. The maximum absolute atomic E-state index is 12.0. The van der Waals surface area contributed by atoms with E-state index in [9.17, 15) is 4.79 Å². The zero-order valence-corrected chi connectivity index (χ0v) is 17.5. The van der Waals surface area contributed by atoms with Crippen LogP contribution in [0.3, 0.4) is 0 Å². The van der Waals surface area contributed by atoms with Gasteiger partial charge in [-0.25, -0.2) is 9.97 Å². The quantitative estimate of drug-likeness (QED) is 0.649. The van der Waals surface area contributed by atoms with Crippen LogP contribution in [0.15, 0.2) is 6.07 Å². The number of nitrogens with two attached hydrogens (primary N) is 1. The normalized spacial score (nSPS) is 14.3. The second-order valence-corrected chi connectivity index (χ2v) is 6.70. The van der Waals surface area contributed by atoms with Crippen LogP contribution in [0.5, 0.6) is 0 Å². The van der Waals surface area contributed by atoms with Gasteiger partial charge in [0.05, 0.1) is 0 Å². The fraction of sp³-hybridized carbons (Fsp3) is 0.722. The molecule has 8 heteroatoms. The van der Waals surface area contributed by atoms with E-state index in [0.29, 0.717) is 12.5 Å². The van der Waals surface area contributed by atoms with Crippen LogP contribution in [0.4, 0.5) is 5.82 Å². The van der Waals surface area contributed by atoms with Crippen LogP contribution in [-0.4, -0.2) is 41.6 Å². The smallest absolute Gasteiger partial charge is 0.220 e. The Morgan fingerprint density at radius 2 is 1.81 bits per heavy atom.